The van der Waals surface area contributed by atoms with E-state index in [1.54, 1.807) is 23.3 Å². The number of anilines is 1. The molecule has 3 aromatic rings. The number of fused-ring (bicyclic) bond motifs is 4. The molecule has 0 aliphatic carbocycles. The molecule has 0 radical (unpaired) electrons. The molecule has 6 rings (SSSR count). The van der Waals surface area contributed by atoms with Crippen molar-refractivity contribution in [2.45, 2.75) is 18.9 Å². The molecular weight excluding hydrogens is 352 g/mol. The molecule has 3 aliphatic rings. The van der Waals surface area contributed by atoms with Gasteiger partial charge in [-0.1, -0.05) is 12.1 Å². The fourth-order valence-electron chi connectivity index (χ4n) is 4.39. The number of hydrogen-bond acceptors (Lipinski definition) is 5. The molecule has 2 unspecified atom stereocenters. The standard InChI is InChI=1S/C21H22N6O/c28-21(18-4-1-2-5-19(18)27-11-3-8-24-27)26-14-16-6-7-17(26)15-25(13-16)20-12-22-9-10-23-20/h1-5,8-12,16-17H,6-7,13-15H2. The zero-order chi connectivity index (χ0) is 18.9. The minimum absolute atomic E-state index is 0.0850. The van der Waals surface area contributed by atoms with Crippen molar-refractivity contribution in [3.05, 3.63) is 66.9 Å². The maximum atomic E-state index is 13.5. The van der Waals surface area contributed by atoms with Crippen molar-refractivity contribution in [2.75, 3.05) is 24.5 Å². The Hall–Kier alpha value is -3.22. The molecule has 7 nitrogen and oxygen atoms in total. The molecule has 5 heterocycles. The minimum atomic E-state index is 0.0850. The van der Waals surface area contributed by atoms with Crippen molar-refractivity contribution in [1.82, 2.24) is 24.6 Å². The SMILES string of the molecule is O=C(c1ccccc1-n1cccn1)N1CC2CCC1CN(c1cnccn1)C2. The Morgan fingerprint density at radius 3 is 2.75 bits per heavy atom. The van der Waals surface area contributed by atoms with Crippen LogP contribution in [0, 0.1) is 5.92 Å². The Labute approximate surface area is 163 Å². The summed E-state index contributed by atoms with van der Waals surface area (Å²) in [7, 11) is 0. The lowest BCUT2D eigenvalue weighted by Gasteiger charge is -2.36. The third-order valence-electron chi connectivity index (χ3n) is 5.73. The molecule has 2 atom stereocenters. The first-order valence-corrected chi connectivity index (χ1v) is 9.70. The van der Waals surface area contributed by atoms with Crippen molar-refractivity contribution in [2.24, 2.45) is 5.92 Å². The summed E-state index contributed by atoms with van der Waals surface area (Å²) in [6.45, 7) is 2.50. The Kier molecular flexibility index (Phi) is 4.27. The van der Waals surface area contributed by atoms with Crippen LogP contribution in [-0.2, 0) is 0 Å². The third kappa shape index (κ3) is 3.02. The normalized spacial score (nSPS) is 21.6. The first-order chi connectivity index (χ1) is 13.8. The summed E-state index contributed by atoms with van der Waals surface area (Å²) < 4.78 is 1.76. The summed E-state index contributed by atoms with van der Waals surface area (Å²) in [5, 5.41) is 4.32. The summed E-state index contributed by atoms with van der Waals surface area (Å²) in [5.74, 6) is 1.43. The van der Waals surface area contributed by atoms with E-state index in [1.165, 1.54) is 0 Å². The van der Waals surface area contributed by atoms with Crippen LogP contribution in [0.5, 0.6) is 0 Å². The number of benzene rings is 1. The van der Waals surface area contributed by atoms with Crippen LogP contribution in [0.15, 0.2) is 61.3 Å². The summed E-state index contributed by atoms with van der Waals surface area (Å²) in [6, 6.07) is 9.76. The van der Waals surface area contributed by atoms with Crippen molar-refractivity contribution in [1.29, 1.82) is 0 Å². The predicted octanol–water partition coefficient (Wildman–Crippen LogP) is 2.40. The van der Waals surface area contributed by atoms with E-state index in [2.05, 4.69) is 24.9 Å². The van der Waals surface area contributed by atoms with Gasteiger partial charge in [0.15, 0.2) is 0 Å². The smallest absolute Gasteiger partial charge is 0.256 e. The molecule has 2 aromatic heterocycles. The molecule has 1 amide bonds. The zero-order valence-electron chi connectivity index (χ0n) is 15.6. The quantitative estimate of drug-likeness (QED) is 0.704. The van der Waals surface area contributed by atoms with Crippen molar-refractivity contribution >= 4 is 11.7 Å². The van der Waals surface area contributed by atoms with E-state index in [4.69, 9.17) is 0 Å². The van der Waals surface area contributed by atoms with Crippen LogP contribution in [0.3, 0.4) is 0 Å². The summed E-state index contributed by atoms with van der Waals surface area (Å²) in [6.07, 6.45) is 11.0. The molecule has 0 spiro atoms. The van der Waals surface area contributed by atoms with Gasteiger partial charge in [-0.15, -0.1) is 0 Å². The van der Waals surface area contributed by atoms with E-state index in [0.717, 1.165) is 44.0 Å². The molecular formula is C21H22N6O. The average Bonchev–Trinajstić information content (AvgIpc) is 3.13. The Balaban J connectivity index is 1.44. The fraction of sp³-hybridized carbons (Fsp3) is 0.333. The number of carbonyl (C=O) groups excluding carboxylic acids is 1. The minimum Gasteiger partial charge on any atom is -0.353 e. The largest absolute Gasteiger partial charge is 0.353 e. The molecule has 0 saturated carbocycles. The van der Waals surface area contributed by atoms with Gasteiger partial charge in [0, 0.05) is 50.5 Å². The van der Waals surface area contributed by atoms with Gasteiger partial charge in [0.2, 0.25) is 0 Å². The lowest BCUT2D eigenvalue weighted by atomic mass is 9.94. The highest BCUT2D eigenvalue weighted by atomic mass is 16.2. The Morgan fingerprint density at radius 1 is 1.00 bits per heavy atom. The highest BCUT2D eigenvalue weighted by Crippen LogP contribution is 2.31. The predicted molar refractivity (Wildman–Crippen MR) is 105 cm³/mol. The van der Waals surface area contributed by atoms with Gasteiger partial charge in [0.05, 0.1) is 17.4 Å². The van der Waals surface area contributed by atoms with Crippen LogP contribution in [0.4, 0.5) is 5.82 Å². The van der Waals surface area contributed by atoms with Crippen LogP contribution in [0.1, 0.15) is 23.2 Å². The highest BCUT2D eigenvalue weighted by Gasteiger charge is 2.38. The van der Waals surface area contributed by atoms with E-state index in [0.29, 0.717) is 11.5 Å². The number of rotatable bonds is 3. The van der Waals surface area contributed by atoms with Gasteiger partial charge >= 0.3 is 0 Å². The van der Waals surface area contributed by atoms with Crippen LogP contribution in [0.2, 0.25) is 0 Å². The van der Waals surface area contributed by atoms with E-state index in [9.17, 15) is 4.79 Å². The molecule has 7 heteroatoms. The number of para-hydroxylation sites is 1. The molecule has 3 saturated heterocycles. The second-order valence-electron chi connectivity index (χ2n) is 7.49. The van der Waals surface area contributed by atoms with Gasteiger partial charge < -0.3 is 9.80 Å². The topological polar surface area (TPSA) is 67.2 Å². The summed E-state index contributed by atoms with van der Waals surface area (Å²) >= 11 is 0. The second kappa shape index (κ2) is 7.07. The van der Waals surface area contributed by atoms with Crippen LogP contribution in [0.25, 0.3) is 5.69 Å². The molecule has 3 fully saturated rings. The first kappa shape index (κ1) is 16.9. The van der Waals surface area contributed by atoms with Gasteiger partial charge in [0.1, 0.15) is 5.82 Å². The summed E-state index contributed by atoms with van der Waals surface area (Å²) in [4.78, 5) is 26.6. The molecule has 142 valence electrons. The molecule has 0 N–H and O–H groups in total. The van der Waals surface area contributed by atoms with E-state index in [-0.39, 0.29) is 11.9 Å². The van der Waals surface area contributed by atoms with Crippen LogP contribution < -0.4 is 4.90 Å². The van der Waals surface area contributed by atoms with E-state index in [1.807, 2.05) is 42.7 Å². The maximum Gasteiger partial charge on any atom is 0.256 e. The maximum absolute atomic E-state index is 13.5. The van der Waals surface area contributed by atoms with Crippen molar-refractivity contribution in [3.8, 4) is 5.69 Å². The van der Waals surface area contributed by atoms with Gasteiger partial charge in [-0.25, -0.2) is 9.67 Å². The number of hydrogen-bond donors (Lipinski definition) is 0. The highest BCUT2D eigenvalue weighted by molar-refractivity contribution is 5.98. The van der Waals surface area contributed by atoms with Crippen LogP contribution in [-0.4, -0.2) is 56.2 Å². The number of nitrogens with zero attached hydrogens (tertiary/aromatic N) is 6. The molecule has 1 aromatic carbocycles. The van der Waals surface area contributed by atoms with Gasteiger partial charge in [0.25, 0.3) is 5.91 Å². The Bertz CT molecular complexity index is 958. The second-order valence-corrected chi connectivity index (χ2v) is 7.49. The van der Waals surface area contributed by atoms with E-state index < -0.39 is 0 Å². The zero-order valence-corrected chi connectivity index (χ0v) is 15.6. The number of piperidine rings is 1. The van der Waals surface area contributed by atoms with Gasteiger partial charge in [-0.2, -0.15) is 5.10 Å². The third-order valence-corrected chi connectivity index (χ3v) is 5.73. The molecule has 3 aliphatic heterocycles. The Morgan fingerprint density at radius 2 is 1.93 bits per heavy atom. The molecule has 28 heavy (non-hydrogen) atoms. The van der Waals surface area contributed by atoms with E-state index >= 15 is 0 Å². The lowest BCUT2D eigenvalue weighted by Crippen LogP contribution is -2.47. The number of amides is 1. The average molecular weight is 374 g/mol. The van der Waals surface area contributed by atoms with Gasteiger partial charge in [-0.3, -0.25) is 9.78 Å². The van der Waals surface area contributed by atoms with Crippen molar-refractivity contribution < 1.29 is 4.79 Å². The molecule has 2 bridgehead atoms. The van der Waals surface area contributed by atoms with Gasteiger partial charge in [-0.05, 0) is 37.0 Å². The lowest BCUT2D eigenvalue weighted by molar-refractivity contribution is 0.0592. The monoisotopic (exact) mass is 374 g/mol. The number of aromatic nitrogens is 4. The fourth-order valence-corrected chi connectivity index (χ4v) is 4.39. The first-order valence-electron chi connectivity index (χ1n) is 9.70. The number of carbonyl (C=O) groups is 1. The summed E-state index contributed by atoms with van der Waals surface area (Å²) in [5.41, 5.74) is 1.52. The van der Waals surface area contributed by atoms with Crippen molar-refractivity contribution in [3.63, 3.8) is 0 Å². The van der Waals surface area contributed by atoms with Crippen LogP contribution >= 0.6 is 0 Å².